The Morgan fingerprint density at radius 3 is 2.56 bits per heavy atom. The molecule has 3 nitrogen and oxygen atoms in total. The summed E-state index contributed by atoms with van der Waals surface area (Å²) >= 11 is 1.72. The van der Waals surface area contributed by atoms with Crippen LogP contribution >= 0.6 is 22.6 Å². The van der Waals surface area contributed by atoms with Gasteiger partial charge in [-0.15, -0.1) is 0 Å². The minimum absolute atomic E-state index is 0.217. The number of likely N-dealkylation sites (tertiary alicyclic amines) is 1. The standard InChI is InChI=1S/C12H12F2INO2/c13-8-1-2-9(15)11(14)10(8)12(18)16-5-3-7(17)4-6-16/h1-2,7,17H,3-6H2. The van der Waals surface area contributed by atoms with E-state index in [0.717, 1.165) is 6.07 Å². The second kappa shape index (κ2) is 5.48. The van der Waals surface area contributed by atoms with Gasteiger partial charge in [0.25, 0.3) is 5.91 Å². The molecular weight excluding hydrogens is 355 g/mol. The van der Waals surface area contributed by atoms with Crippen molar-refractivity contribution in [2.75, 3.05) is 13.1 Å². The lowest BCUT2D eigenvalue weighted by atomic mass is 10.1. The predicted molar refractivity (Wildman–Crippen MR) is 70.2 cm³/mol. The number of nitrogens with zero attached hydrogens (tertiary/aromatic N) is 1. The van der Waals surface area contributed by atoms with Crippen LogP contribution in [-0.2, 0) is 0 Å². The maximum atomic E-state index is 13.8. The molecule has 0 saturated carbocycles. The quantitative estimate of drug-likeness (QED) is 0.611. The molecule has 1 aromatic carbocycles. The van der Waals surface area contributed by atoms with Gasteiger partial charge in [0.15, 0.2) is 5.82 Å². The van der Waals surface area contributed by atoms with E-state index < -0.39 is 29.2 Å². The van der Waals surface area contributed by atoms with Crippen molar-refractivity contribution < 1.29 is 18.7 Å². The second-order valence-corrected chi connectivity index (χ2v) is 5.40. The lowest BCUT2D eigenvalue weighted by molar-refractivity contribution is 0.0538. The number of carbonyl (C=O) groups excluding carboxylic acids is 1. The Morgan fingerprint density at radius 2 is 1.94 bits per heavy atom. The van der Waals surface area contributed by atoms with Crippen LogP contribution in [0.25, 0.3) is 0 Å². The van der Waals surface area contributed by atoms with Gasteiger partial charge in [0, 0.05) is 16.7 Å². The third-order valence-electron chi connectivity index (χ3n) is 3.01. The fourth-order valence-corrected chi connectivity index (χ4v) is 2.40. The van der Waals surface area contributed by atoms with Crippen LogP contribution in [0.2, 0.25) is 0 Å². The molecule has 2 rings (SSSR count). The Balaban J connectivity index is 2.26. The molecule has 98 valence electrons. The summed E-state index contributed by atoms with van der Waals surface area (Å²) in [5.74, 6) is -2.30. The van der Waals surface area contributed by atoms with E-state index in [1.165, 1.54) is 11.0 Å². The summed E-state index contributed by atoms with van der Waals surface area (Å²) in [5, 5.41) is 9.35. The molecular formula is C12H12F2INO2. The smallest absolute Gasteiger partial charge is 0.259 e. The van der Waals surface area contributed by atoms with E-state index in [0.29, 0.717) is 25.9 Å². The Kier molecular flexibility index (Phi) is 4.16. The number of hydrogen-bond donors (Lipinski definition) is 1. The molecule has 1 saturated heterocycles. The van der Waals surface area contributed by atoms with Crippen molar-refractivity contribution in [2.45, 2.75) is 18.9 Å². The summed E-state index contributed by atoms with van der Waals surface area (Å²) < 4.78 is 27.6. The third kappa shape index (κ3) is 2.64. The Bertz CT molecular complexity index is 473. The Hall–Kier alpha value is -0.760. The van der Waals surface area contributed by atoms with E-state index in [4.69, 9.17) is 0 Å². The number of carbonyl (C=O) groups is 1. The van der Waals surface area contributed by atoms with E-state index >= 15 is 0 Å². The van der Waals surface area contributed by atoms with Crippen molar-refractivity contribution >= 4 is 28.5 Å². The SMILES string of the molecule is O=C(c1c(F)ccc(I)c1F)N1CCC(O)CC1. The molecule has 1 N–H and O–H groups in total. The monoisotopic (exact) mass is 367 g/mol. The van der Waals surface area contributed by atoms with Crippen molar-refractivity contribution in [2.24, 2.45) is 0 Å². The number of hydrogen-bond acceptors (Lipinski definition) is 2. The summed E-state index contributed by atoms with van der Waals surface area (Å²) in [6.45, 7) is 0.648. The van der Waals surface area contributed by atoms with Gasteiger partial charge in [0.2, 0.25) is 0 Å². The van der Waals surface area contributed by atoms with Gasteiger partial charge in [-0.2, -0.15) is 0 Å². The van der Waals surface area contributed by atoms with Crippen molar-refractivity contribution in [3.63, 3.8) is 0 Å². The lowest BCUT2D eigenvalue weighted by Gasteiger charge is -2.29. The normalized spacial score (nSPS) is 17.0. The minimum atomic E-state index is -0.843. The summed E-state index contributed by atoms with van der Waals surface area (Å²) in [6.07, 6.45) is 0.456. The number of halogens is 3. The molecule has 0 aromatic heterocycles. The number of aliphatic hydroxyl groups is 1. The van der Waals surface area contributed by atoms with Crippen LogP contribution in [0.3, 0.4) is 0 Å². The highest BCUT2D eigenvalue weighted by atomic mass is 127. The highest BCUT2D eigenvalue weighted by molar-refractivity contribution is 14.1. The number of aliphatic hydroxyl groups excluding tert-OH is 1. The molecule has 1 aliphatic heterocycles. The molecule has 0 radical (unpaired) electrons. The van der Waals surface area contributed by atoms with Crippen LogP contribution in [0.15, 0.2) is 12.1 Å². The lowest BCUT2D eigenvalue weighted by Crippen LogP contribution is -2.40. The first-order valence-electron chi connectivity index (χ1n) is 5.61. The molecule has 0 bridgehead atoms. The molecule has 0 aliphatic carbocycles. The van der Waals surface area contributed by atoms with Gasteiger partial charge in [0.1, 0.15) is 11.4 Å². The predicted octanol–water partition coefficient (Wildman–Crippen LogP) is 2.17. The van der Waals surface area contributed by atoms with Gasteiger partial charge in [0.05, 0.1) is 6.10 Å². The van der Waals surface area contributed by atoms with Crippen LogP contribution < -0.4 is 0 Å². The Labute approximate surface area is 117 Å². The van der Waals surface area contributed by atoms with E-state index in [-0.39, 0.29) is 3.57 Å². The molecule has 0 spiro atoms. The first kappa shape index (κ1) is 13.7. The molecule has 18 heavy (non-hydrogen) atoms. The number of amides is 1. The average Bonchev–Trinajstić information content (AvgIpc) is 2.35. The van der Waals surface area contributed by atoms with Crippen molar-refractivity contribution in [1.29, 1.82) is 0 Å². The summed E-state index contributed by atoms with van der Waals surface area (Å²) in [6, 6.07) is 2.39. The van der Waals surface area contributed by atoms with Gasteiger partial charge < -0.3 is 10.0 Å². The van der Waals surface area contributed by atoms with Gasteiger partial charge in [-0.05, 0) is 47.6 Å². The molecule has 1 heterocycles. The van der Waals surface area contributed by atoms with Gasteiger partial charge >= 0.3 is 0 Å². The van der Waals surface area contributed by atoms with Gasteiger partial charge in [-0.25, -0.2) is 8.78 Å². The highest BCUT2D eigenvalue weighted by Gasteiger charge is 2.27. The van der Waals surface area contributed by atoms with E-state index in [2.05, 4.69) is 0 Å². The van der Waals surface area contributed by atoms with E-state index in [9.17, 15) is 18.7 Å². The first-order valence-corrected chi connectivity index (χ1v) is 6.69. The summed E-state index contributed by atoms with van der Waals surface area (Å²) in [5.41, 5.74) is -0.502. The Morgan fingerprint density at radius 1 is 1.33 bits per heavy atom. The largest absolute Gasteiger partial charge is 0.393 e. The van der Waals surface area contributed by atoms with Crippen LogP contribution in [0.1, 0.15) is 23.2 Å². The third-order valence-corrected chi connectivity index (χ3v) is 3.84. The topological polar surface area (TPSA) is 40.5 Å². The van der Waals surface area contributed by atoms with E-state index in [1.54, 1.807) is 22.6 Å². The van der Waals surface area contributed by atoms with Crippen molar-refractivity contribution in [3.05, 3.63) is 32.9 Å². The number of rotatable bonds is 1. The fourth-order valence-electron chi connectivity index (χ4n) is 1.95. The molecule has 0 unspecified atom stereocenters. The zero-order valence-corrected chi connectivity index (χ0v) is 11.7. The van der Waals surface area contributed by atoms with Crippen LogP contribution in [0.5, 0.6) is 0 Å². The molecule has 0 atom stereocenters. The zero-order valence-electron chi connectivity index (χ0n) is 9.50. The van der Waals surface area contributed by atoms with Gasteiger partial charge in [-0.1, -0.05) is 0 Å². The number of piperidine rings is 1. The van der Waals surface area contributed by atoms with Crippen LogP contribution in [0.4, 0.5) is 8.78 Å². The average molecular weight is 367 g/mol. The van der Waals surface area contributed by atoms with Crippen LogP contribution in [-0.4, -0.2) is 35.1 Å². The molecule has 1 amide bonds. The maximum Gasteiger partial charge on any atom is 0.259 e. The fraction of sp³-hybridized carbons (Fsp3) is 0.417. The van der Waals surface area contributed by atoms with Crippen molar-refractivity contribution in [3.8, 4) is 0 Å². The zero-order chi connectivity index (χ0) is 13.3. The van der Waals surface area contributed by atoms with Crippen LogP contribution in [0, 0.1) is 15.2 Å². The van der Waals surface area contributed by atoms with E-state index in [1.807, 2.05) is 0 Å². The first-order chi connectivity index (χ1) is 8.50. The molecule has 1 fully saturated rings. The highest BCUT2D eigenvalue weighted by Crippen LogP contribution is 2.22. The second-order valence-electron chi connectivity index (χ2n) is 4.24. The molecule has 1 aliphatic rings. The summed E-state index contributed by atoms with van der Waals surface area (Å²) in [4.78, 5) is 13.4. The van der Waals surface area contributed by atoms with Crippen molar-refractivity contribution in [1.82, 2.24) is 4.90 Å². The summed E-state index contributed by atoms with van der Waals surface area (Å²) in [7, 11) is 0. The minimum Gasteiger partial charge on any atom is -0.393 e. The molecule has 1 aromatic rings. The molecule has 6 heteroatoms. The van der Waals surface area contributed by atoms with Gasteiger partial charge in [-0.3, -0.25) is 4.79 Å². The number of benzene rings is 1. The maximum absolute atomic E-state index is 13.8.